The Labute approximate surface area is 122 Å². The van der Waals surface area contributed by atoms with Crippen LogP contribution in [0.3, 0.4) is 0 Å². The monoisotopic (exact) mass is 306 g/mol. The van der Waals surface area contributed by atoms with Crippen molar-refractivity contribution in [2.24, 2.45) is 5.73 Å². The second kappa shape index (κ2) is 6.04. The van der Waals surface area contributed by atoms with Gasteiger partial charge in [0.2, 0.25) is 0 Å². The zero-order valence-electron chi connectivity index (χ0n) is 11.0. The Balaban J connectivity index is 0.00000200. The number of amidine groups is 1. The van der Waals surface area contributed by atoms with Crippen molar-refractivity contribution in [3.63, 3.8) is 0 Å². The highest BCUT2D eigenvalue weighted by atomic mass is 35.5. The molecule has 0 atom stereocenters. The number of hydrogen-bond donors (Lipinski definition) is 2. The number of rotatable bonds is 3. The number of halogens is 4. The van der Waals surface area contributed by atoms with Gasteiger partial charge in [-0.1, -0.05) is 25.0 Å². The molecule has 112 valence electrons. The quantitative estimate of drug-likeness (QED) is 0.636. The van der Waals surface area contributed by atoms with Gasteiger partial charge in [-0.2, -0.15) is 13.2 Å². The van der Waals surface area contributed by atoms with Crippen LogP contribution in [0.1, 0.15) is 43.2 Å². The first-order chi connectivity index (χ1) is 8.83. The average Bonchev–Trinajstić information content (AvgIpc) is 2.77. The normalized spacial score (nSPS) is 17.6. The van der Waals surface area contributed by atoms with E-state index in [-0.39, 0.29) is 23.7 Å². The molecule has 0 unspecified atom stereocenters. The predicted octanol–water partition coefficient (Wildman–Crippen LogP) is 4.27. The molecule has 0 aromatic heterocycles. The Bertz CT molecular complexity index is 462. The van der Waals surface area contributed by atoms with Gasteiger partial charge >= 0.3 is 6.18 Å². The molecule has 0 amide bonds. The number of nitrogens with one attached hydrogen (secondary N) is 1. The number of benzene rings is 1. The zero-order valence-corrected chi connectivity index (χ0v) is 11.8. The lowest BCUT2D eigenvalue weighted by atomic mass is 9.75. The molecule has 1 aliphatic carbocycles. The maximum Gasteiger partial charge on any atom is 0.416 e. The lowest BCUT2D eigenvalue weighted by Gasteiger charge is -2.29. The third kappa shape index (κ3) is 3.45. The summed E-state index contributed by atoms with van der Waals surface area (Å²) in [5.41, 5.74) is 5.49. The maximum atomic E-state index is 12.5. The van der Waals surface area contributed by atoms with Crippen molar-refractivity contribution >= 4 is 18.2 Å². The molecule has 1 aromatic carbocycles. The minimum Gasteiger partial charge on any atom is -0.388 e. The second-order valence-corrected chi connectivity index (χ2v) is 5.26. The molecule has 6 heteroatoms. The topological polar surface area (TPSA) is 49.9 Å². The predicted molar refractivity (Wildman–Crippen MR) is 75.4 cm³/mol. The molecule has 1 aliphatic rings. The fraction of sp³-hybridized carbons (Fsp3) is 0.500. The summed E-state index contributed by atoms with van der Waals surface area (Å²) in [6, 6.07) is 5.32. The van der Waals surface area contributed by atoms with Gasteiger partial charge in [0.25, 0.3) is 0 Å². The van der Waals surface area contributed by atoms with Crippen LogP contribution in [0.15, 0.2) is 24.3 Å². The van der Waals surface area contributed by atoms with Crippen molar-refractivity contribution in [3.8, 4) is 0 Å². The third-order valence-electron chi connectivity index (χ3n) is 3.91. The summed E-state index contributed by atoms with van der Waals surface area (Å²) in [4.78, 5) is 0. The smallest absolute Gasteiger partial charge is 0.388 e. The molecule has 1 aromatic rings. The first-order valence-electron chi connectivity index (χ1n) is 6.34. The lowest BCUT2D eigenvalue weighted by Crippen LogP contribution is -2.29. The SMILES string of the molecule is Cl.N=C(N)CC1(c2ccc(C(F)(F)F)cc2)CCCC1. The summed E-state index contributed by atoms with van der Waals surface area (Å²) in [6.07, 6.45) is -0.0290. The van der Waals surface area contributed by atoms with E-state index in [0.29, 0.717) is 6.42 Å². The molecule has 2 rings (SSSR count). The van der Waals surface area contributed by atoms with Crippen LogP contribution in [-0.2, 0) is 11.6 Å². The van der Waals surface area contributed by atoms with Crippen LogP contribution in [-0.4, -0.2) is 5.84 Å². The van der Waals surface area contributed by atoms with Gasteiger partial charge in [-0.15, -0.1) is 12.4 Å². The molecule has 0 aliphatic heterocycles. The molecule has 0 saturated heterocycles. The van der Waals surface area contributed by atoms with E-state index in [4.69, 9.17) is 11.1 Å². The Kier molecular flexibility index (Phi) is 5.08. The van der Waals surface area contributed by atoms with Crippen molar-refractivity contribution in [1.29, 1.82) is 5.41 Å². The maximum absolute atomic E-state index is 12.5. The average molecular weight is 307 g/mol. The molecule has 1 saturated carbocycles. The molecular weight excluding hydrogens is 289 g/mol. The van der Waals surface area contributed by atoms with E-state index in [1.165, 1.54) is 12.1 Å². The molecule has 0 radical (unpaired) electrons. The summed E-state index contributed by atoms with van der Waals surface area (Å²) in [7, 11) is 0. The van der Waals surface area contributed by atoms with E-state index in [2.05, 4.69) is 0 Å². The second-order valence-electron chi connectivity index (χ2n) is 5.26. The Hall–Kier alpha value is -1.23. The summed E-state index contributed by atoms with van der Waals surface area (Å²) < 4.78 is 37.6. The number of alkyl halides is 3. The van der Waals surface area contributed by atoms with Crippen LogP contribution in [0.4, 0.5) is 13.2 Å². The van der Waals surface area contributed by atoms with Gasteiger partial charge in [-0.3, -0.25) is 5.41 Å². The van der Waals surface area contributed by atoms with Gasteiger partial charge in [0.15, 0.2) is 0 Å². The van der Waals surface area contributed by atoms with Crippen molar-refractivity contribution in [2.75, 3.05) is 0 Å². The minimum absolute atomic E-state index is 0. The molecule has 20 heavy (non-hydrogen) atoms. The third-order valence-corrected chi connectivity index (χ3v) is 3.91. The minimum atomic E-state index is -4.30. The molecule has 2 nitrogen and oxygen atoms in total. The molecule has 1 fully saturated rings. The van der Waals surface area contributed by atoms with E-state index in [1.54, 1.807) is 0 Å². The van der Waals surface area contributed by atoms with E-state index in [1.807, 2.05) is 0 Å². The van der Waals surface area contributed by atoms with Gasteiger partial charge in [-0.05, 0) is 30.5 Å². The standard InChI is InChI=1S/C14H17F3N2.ClH/c15-14(16,17)11-5-3-10(4-6-11)13(9-12(18)19)7-1-2-8-13;/h3-6H,1-2,7-9H2,(H3,18,19);1H. The van der Waals surface area contributed by atoms with Gasteiger partial charge in [-0.25, -0.2) is 0 Å². The van der Waals surface area contributed by atoms with E-state index in [0.717, 1.165) is 43.4 Å². The largest absolute Gasteiger partial charge is 0.416 e. The molecule has 0 heterocycles. The fourth-order valence-corrected chi connectivity index (χ4v) is 3.00. The fourth-order valence-electron chi connectivity index (χ4n) is 3.00. The van der Waals surface area contributed by atoms with Gasteiger partial charge < -0.3 is 5.73 Å². The Morgan fingerprint density at radius 2 is 1.65 bits per heavy atom. The van der Waals surface area contributed by atoms with Crippen LogP contribution in [0.5, 0.6) is 0 Å². The summed E-state index contributed by atoms with van der Waals surface area (Å²) in [5, 5.41) is 7.47. The molecule has 0 spiro atoms. The lowest BCUT2D eigenvalue weighted by molar-refractivity contribution is -0.137. The van der Waals surface area contributed by atoms with Crippen LogP contribution >= 0.6 is 12.4 Å². The van der Waals surface area contributed by atoms with Crippen LogP contribution in [0.25, 0.3) is 0 Å². The molecular formula is C14H18ClF3N2. The summed E-state index contributed by atoms with van der Waals surface area (Å²) in [5.74, 6) is 0.0989. The van der Waals surface area contributed by atoms with Crippen LogP contribution in [0, 0.1) is 5.41 Å². The zero-order chi connectivity index (χ0) is 14.1. The molecule has 3 N–H and O–H groups in total. The van der Waals surface area contributed by atoms with E-state index >= 15 is 0 Å². The highest BCUT2D eigenvalue weighted by molar-refractivity contribution is 5.85. The summed E-state index contributed by atoms with van der Waals surface area (Å²) >= 11 is 0. The Morgan fingerprint density at radius 3 is 2.05 bits per heavy atom. The number of nitrogens with two attached hydrogens (primary N) is 1. The van der Waals surface area contributed by atoms with Gasteiger partial charge in [0.05, 0.1) is 11.4 Å². The first-order valence-corrected chi connectivity index (χ1v) is 6.34. The van der Waals surface area contributed by atoms with Crippen molar-refractivity contribution < 1.29 is 13.2 Å². The Morgan fingerprint density at radius 1 is 1.15 bits per heavy atom. The molecule has 0 bridgehead atoms. The van der Waals surface area contributed by atoms with Crippen LogP contribution in [0.2, 0.25) is 0 Å². The van der Waals surface area contributed by atoms with Gasteiger partial charge in [0, 0.05) is 11.8 Å². The van der Waals surface area contributed by atoms with Crippen molar-refractivity contribution in [1.82, 2.24) is 0 Å². The summed E-state index contributed by atoms with van der Waals surface area (Å²) in [6.45, 7) is 0. The highest BCUT2D eigenvalue weighted by Gasteiger charge is 2.37. The van der Waals surface area contributed by atoms with Gasteiger partial charge in [0.1, 0.15) is 0 Å². The highest BCUT2D eigenvalue weighted by Crippen LogP contribution is 2.44. The van der Waals surface area contributed by atoms with Crippen molar-refractivity contribution in [3.05, 3.63) is 35.4 Å². The van der Waals surface area contributed by atoms with E-state index in [9.17, 15) is 13.2 Å². The number of hydrogen-bond acceptors (Lipinski definition) is 1. The van der Waals surface area contributed by atoms with Crippen LogP contribution < -0.4 is 5.73 Å². The van der Waals surface area contributed by atoms with Crippen molar-refractivity contribution in [2.45, 2.75) is 43.7 Å². The van der Waals surface area contributed by atoms with E-state index < -0.39 is 11.7 Å². The first kappa shape index (κ1) is 16.8.